The van der Waals surface area contributed by atoms with Gasteiger partial charge in [-0.25, -0.2) is 0 Å². The largest absolute Gasteiger partial charge is 0.385 e. The molecule has 86 valence electrons. The van der Waals surface area contributed by atoms with E-state index in [9.17, 15) is 0 Å². The molecule has 0 radical (unpaired) electrons. The van der Waals surface area contributed by atoms with Crippen molar-refractivity contribution in [2.75, 3.05) is 20.3 Å². The average molecular weight is 211 g/mol. The monoisotopic (exact) mass is 211 g/mol. The molecule has 4 nitrogen and oxygen atoms in total. The minimum Gasteiger partial charge on any atom is -0.385 e. The van der Waals surface area contributed by atoms with Gasteiger partial charge in [0.25, 0.3) is 0 Å². The predicted molar refractivity (Wildman–Crippen MR) is 60.9 cm³/mol. The van der Waals surface area contributed by atoms with E-state index in [1.54, 1.807) is 7.11 Å². The molecule has 1 N–H and O–H groups in total. The fraction of sp³-hybridized carbons (Fsp3) is 0.727. The molecule has 1 atom stereocenters. The van der Waals surface area contributed by atoms with Crippen molar-refractivity contribution < 1.29 is 4.74 Å². The van der Waals surface area contributed by atoms with Gasteiger partial charge in [0.1, 0.15) is 0 Å². The molecule has 4 heteroatoms. The van der Waals surface area contributed by atoms with Crippen LogP contribution in [-0.2, 0) is 11.8 Å². The molecule has 1 unspecified atom stereocenters. The SMILES string of the molecule is COCCCNC(C)c1cnn(C)c1C. The van der Waals surface area contributed by atoms with E-state index in [0.717, 1.165) is 19.6 Å². The lowest BCUT2D eigenvalue weighted by Crippen LogP contribution is -2.21. The molecule has 1 heterocycles. The number of hydrogen-bond acceptors (Lipinski definition) is 3. The number of nitrogens with one attached hydrogen (secondary N) is 1. The molecule has 0 aliphatic carbocycles. The van der Waals surface area contributed by atoms with Crippen molar-refractivity contribution in [3.05, 3.63) is 17.5 Å². The summed E-state index contributed by atoms with van der Waals surface area (Å²) in [6.07, 6.45) is 2.98. The number of rotatable bonds is 6. The lowest BCUT2D eigenvalue weighted by molar-refractivity contribution is 0.193. The molecular weight excluding hydrogens is 190 g/mol. The summed E-state index contributed by atoms with van der Waals surface area (Å²) in [4.78, 5) is 0. The summed E-state index contributed by atoms with van der Waals surface area (Å²) >= 11 is 0. The van der Waals surface area contributed by atoms with Crippen molar-refractivity contribution >= 4 is 0 Å². The summed E-state index contributed by atoms with van der Waals surface area (Å²) in [6.45, 7) is 6.04. The molecule has 1 aromatic rings. The first-order valence-electron chi connectivity index (χ1n) is 5.37. The lowest BCUT2D eigenvalue weighted by atomic mass is 10.1. The predicted octanol–water partition coefficient (Wildman–Crippen LogP) is 1.42. The minimum absolute atomic E-state index is 0.357. The summed E-state index contributed by atoms with van der Waals surface area (Å²) in [6, 6.07) is 0.357. The van der Waals surface area contributed by atoms with E-state index >= 15 is 0 Å². The summed E-state index contributed by atoms with van der Waals surface area (Å²) in [5.41, 5.74) is 2.50. The zero-order chi connectivity index (χ0) is 11.3. The van der Waals surface area contributed by atoms with E-state index in [-0.39, 0.29) is 0 Å². The van der Waals surface area contributed by atoms with Gasteiger partial charge in [0.15, 0.2) is 0 Å². The summed E-state index contributed by atoms with van der Waals surface area (Å²) < 4.78 is 6.91. The normalized spacial score (nSPS) is 13.1. The van der Waals surface area contributed by atoms with E-state index < -0.39 is 0 Å². The van der Waals surface area contributed by atoms with Crippen LogP contribution in [0.3, 0.4) is 0 Å². The summed E-state index contributed by atoms with van der Waals surface area (Å²) in [5.74, 6) is 0. The van der Waals surface area contributed by atoms with E-state index in [1.165, 1.54) is 11.3 Å². The Kier molecular flexibility index (Phi) is 4.78. The standard InChI is InChI=1S/C11H21N3O/c1-9(12-6-5-7-15-4)11-8-13-14(3)10(11)2/h8-9,12H,5-7H2,1-4H3. The smallest absolute Gasteiger partial charge is 0.0540 e. The number of aromatic nitrogens is 2. The first-order valence-corrected chi connectivity index (χ1v) is 5.37. The Morgan fingerprint density at radius 1 is 1.60 bits per heavy atom. The second-order valence-corrected chi connectivity index (χ2v) is 3.83. The van der Waals surface area contributed by atoms with Crippen LogP contribution < -0.4 is 5.32 Å². The molecule has 0 fully saturated rings. The fourth-order valence-corrected chi connectivity index (χ4v) is 1.59. The second kappa shape index (κ2) is 5.88. The maximum Gasteiger partial charge on any atom is 0.0540 e. The molecule has 15 heavy (non-hydrogen) atoms. The van der Waals surface area contributed by atoms with Crippen molar-refractivity contribution in [2.24, 2.45) is 7.05 Å². The Morgan fingerprint density at radius 3 is 2.87 bits per heavy atom. The third-order valence-electron chi connectivity index (χ3n) is 2.72. The van der Waals surface area contributed by atoms with Gasteiger partial charge >= 0.3 is 0 Å². The first kappa shape index (κ1) is 12.2. The topological polar surface area (TPSA) is 39.1 Å². The number of ether oxygens (including phenoxy) is 1. The van der Waals surface area contributed by atoms with Gasteiger partial charge in [0.2, 0.25) is 0 Å². The van der Waals surface area contributed by atoms with Crippen LogP contribution in [0.2, 0.25) is 0 Å². The Balaban J connectivity index is 2.40. The quantitative estimate of drug-likeness (QED) is 0.723. The maximum absolute atomic E-state index is 5.00. The molecule has 0 saturated heterocycles. The van der Waals surface area contributed by atoms with Crippen molar-refractivity contribution in [1.29, 1.82) is 0 Å². The van der Waals surface area contributed by atoms with Gasteiger partial charge in [-0.1, -0.05) is 0 Å². The van der Waals surface area contributed by atoms with Gasteiger partial charge in [-0.15, -0.1) is 0 Å². The molecule has 1 rings (SSSR count). The Bertz CT molecular complexity index is 296. The second-order valence-electron chi connectivity index (χ2n) is 3.83. The molecule has 0 amide bonds. The Labute approximate surface area is 91.6 Å². The molecule has 0 aromatic carbocycles. The van der Waals surface area contributed by atoms with Gasteiger partial charge in [0.05, 0.1) is 6.20 Å². The van der Waals surface area contributed by atoms with Crippen molar-refractivity contribution in [3.63, 3.8) is 0 Å². The Morgan fingerprint density at radius 2 is 2.33 bits per heavy atom. The number of methoxy groups -OCH3 is 1. The Hall–Kier alpha value is -0.870. The highest BCUT2D eigenvalue weighted by atomic mass is 16.5. The molecular formula is C11H21N3O. The van der Waals surface area contributed by atoms with Crippen LogP contribution in [-0.4, -0.2) is 30.0 Å². The molecule has 0 saturated carbocycles. The van der Waals surface area contributed by atoms with Gasteiger partial charge in [-0.05, 0) is 26.8 Å². The van der Waals surface area contributed by atoms with Crippen molar-refractivity contribution in [1.82, 2.24) is 15.1 Å². The van der Waals surface area contributed by atoms with Crippen LogP contribution in [0, 0.1) is 6.92 Å². The van der Waals surface area contributed by atoms with Crippen LogP contribution in [0.15, 0.2) is 6.20 Å². The van der Waals surface area contributed by atoms with Crippen molar-refractivity contribution in [2.45, 2.75) is 26.3 Å². The van der Waals surface area contributed by atoms with Crippen LogP contribution in [0.5, 0.6) is 0 Å². The zero-order valence-electron chi connectivity index (χ0n) is 10.1. The van der Waals surface area contributed by atoms with Crippen LogP contribution >= 0.6 is 0 Å². The van der Waals surface area contributed by atoms with Gasteiger partial charge in [-0.3, -0.25) is 4.68 Å². The van der Waals surface area contributed by atoms with Crippen LogP contribution in [0.1, 0.15) is 30.6 Å². The van der Waals surface area contributed by atoms with Gasteiger partial charge < -0.3 is 10.1 Å². The average Bonchev–Trinajstić information content (AvgIpc) is 2.55. The van der Waals surface area contributed by atoms with E-state index in [4.69, 9.17) is 4.74 Å². The first-order chi connectivity index (χ1) is 7.16. The third kappa shape index (κ3) is 3.32. The van der Waals surface area contributed by atoms with Crippen LogP contribution in [0.25, 0.3) is 0 Å². The number of aryl methyl sites for hydroxylation is 1. The fourth-order valence-electron chi connectivity index (χ4n) is 1.59. The van der Waals surface area contributed by atoms with Gasteiger partial charge in [0, 0.05) is 38.1 Å². The molecule has 0 aliphatic rings. The highest BCUT2D eigenvalue weighted by Crippen LogP contribution is 2.15. The third-order valence-corrected chi connectivity index (χ3v) is 2.72. The highest BCUT2D eigenvalue weighted by Gasteiger charge is 2.10. The van der Waals surface area contributed by atoms with E-state index in [2.05, 4.69) is 24.3 Å². The summed E-state index contributed by atoms with van der Waals surface area (Å²) in [7, 11) is 3.70. The lowest BCUT2D eigenvalue weighted by Gasteiger charge is -2.13. The summed E-state index contributed by atoms with van der Waals surface area (Å²) in [5, 5.41) is 7.69. The van der Waals surface area contributed by atoms with E-state index in [0.29, 0.717) is 6.04 Å². The highest BCUT2D eigenvalue weighted by molar-refractivity contribution is 5.19. The number of nitrogens with zero attached hydrogens (tertiary/aromatic N) is 2. The molecule has 0 spiro atoms. The molecule has 0 bridgehead atoms. The zero-order valence-corrected chi connectivity index (χ0v) is 10.1. The van der Waals surface area contributed by atoms with Gasteiger partial charge in [-0.2, -0.15) is 5.10 Å². The minimum atomic E-state index is 0.357. The molecule has 1 aromatic heterocycles. The van der Waals surface area contributed by atoms with Crippen molar-refractivity contribution in [3.8, 4) is 0 Å². The van der Waals surface area contributed by atoms with E-state index in [1.807, 2.05) is 17.9 Å². The number of hydrogen-bond donors (Lipinski definition) is 1. The maximum atomic E-state index is 5.00. The molecule has 0 aliphatic heterocycles. The van der Waals surface area contributed by atoms with Crippen LogP contribution in [0.4, 0.5) is 0 Å².